The van der Waals surface area contributed by atoms with Crippen molar-refractivity contribution in [2.24, 2.45) is 5.73 Å². The summed E-state index contributed by atoms with van der Waals surface area (Å²) >= 11 is 0. The van der Waals surface area contributed by atoms with Crippen LogP contribution in [0.4, 0.5) is 17.3 Å². The fourth-order valence-electron chi connectivity index (χ4n) is 2.62. The van der Waals surface area contributed by atoms with Crippen molar-refractivity contribution in [2.45, 2.75) is 13.0 Å². The van der Waals surface area contributed by atoms with E-state index in [9.17, 15) is 4.79 Å². The van der Waals surface area contributed by atoms with Crippen LogP contribution in [0.2, 0.25) is 0 Å². The number of piperazine rings is 1. The Morgan fingerprint density at radius 2 is 1.88 bits per heavy atom. The summed E-state index contributed by atoms with van der Waals surface area (Å²) in [6.07, 6.45) is 3.61. The number of carbonyl (C=O) groups is 1. The number of pyridine rings is 2. The average Bonchev–Trinajstić information content (AvgIpc) is 2.63. The van der Waals surface area contributed by atoms with Crippen LogP contribution < -0.4 is 20.9 Å². The highest BCUT2D eigenvalue weighted by Crippen LogP contribution is 2.19. The molecule has 1 atom stereocenters. The molecule has 0 spiro atoms. The Labute approximate surface area is 141 Å². The van der Waals surface area contributed by atoms with Crippen LogP contribution in [0.1, 0.15) is 6.92 Å². The normalized spacial score (nSPS) is 15.9. The molecule has 0 bridgehead atoms. The smallest absolute Gasteiger partial charge is 0.242 e. The number of anilines is 3. The molecular weight excluding hydrogens is 304 g/mol. The molecule has 3 N–H and O–H groups in total. The molecule has 3 heterocycles. The van der Waals surface area contributed by atoms with Gasteiger partial charge in [-0.3, -0.25) is 4.79 Å². The molecule has 7 heteroatoms. The summed E-state index contributed by atoms with van der Waals surface area (Å²) in [5.74, 6) is 1.30. The molecule has 24 heavy (non-hydrogen) atoms. The molecule has 0 saturated carbocycles. The molecule has 1 amide bonds. The van der Waals surface area contributed by atoms with Gasteiger partial charge in [-0.05, 0) is 31.2 Å². The molecule has 2 aromatic rings. The van der Waals surface area contributed by atoms with Crippen molar-refractivity contribution >= 4 is 23.2 Å². The van der Waals surface area contributed by atoms with Gasteiger partial charge >= 0.3 is 0 Å². The Kier molecular flexibility index (Phi) is 4.90. The van der Waals surface area contributed by atoms with E-state index in [1.54, 1.807) is 19.2 Å². The largest absolute Gasteiger partial charge is 0.367 e. The van der Waals surface area contributed by atoms with Gasteiger partial charge in [0.25, 0.3) is 0 Å². The summed E-state index contributed by atoms with van der Waals surface area (Å²) in [6, 6.07) is 9.20. The zero-order valence-electron chi connectivity index (χ0n) is 13.7. The van der Waals surface area contributed by atoms with Gasteiger partial charge < -0.3 is 20.9 Å². The Hall–Kier alpha value is -2.67. The fourth-order valence-corrected chi connectivity index (χ4v) is 2.62. The zero-order valence-corrected chi connectivity index (χ0v) is 13.7. The van der Waals surface area contributed by atoms with Gasteiger partial charge in [0.05, 0.1) is 17.9 Å². The highest BCUT2D eigenvalue weighted by atomic mass is 16.2. The molecule has 1 aliphatic rings. The quantitative estimate of drug-likeness (QED) is 0.874. The van der Waals surface area contributed by atoms with E-state index in [1.165, 1.54) is 0 Å². The van der Waals surface area contributed by atoms with E-state index in [0.717, 1.165) is 37.7 Å². The lowest BCUT2D eigenvalue weighted by Gasteiger charge is -2.36. The number of aromatic nitrogens is 2. The predicted molar refractivity (Wildman–Crippen MR) is 95.2 cm³/mol. The van der Waals surface area contributed by atoms with E-state index in [0.29, 0.717) is 5.82 Å². The number of nitrogens with one attached hydrogen (secondary N) is 1. The first kappa shape index (κ1) is 16.2. The molecule has 0 radical (unpaired) electrons. The number of hydrogen-bond acceptors (Lipinski definition) is 6. The van der Waals surface area contributed by atoms with Crippen LogP contribution in [0.15, 0.2) is 42.7 Å². The Morgan fingerprint density at radius 3 is 2.46 bits per heavy atom. The molecule has 1 aliphatic heterocycles. The third kappa shape index (κ3) is 3.80. The second kappa shape index (κ2) is 7.27. The molecule has 1 fully saturated rings. The maximum atomic E-state index is 11.6. The fraction of sp³-hybridized carbons (Fsp3) is 0.353. The van der Waals surface area contributed by atoms with Crippen molar-refractivity contribution in [2.75, 3.05) is 41.3 Å². The first-order valence-electron chi connectivity index (χ1n) is 8.07. The minimum atomic E-state index is -0.550. The number of amides is 1. The van der Waals surface area contributed by atoms with Crippen molar-refractivity contribution in [1.82, 2.24) is 9.97 Å². The molecule has 1 saturated heterocycles. The van der Waals surface area contributed by atoms with E-state index < -0.39 is 6.04 Å². The zero-order chi connectivity index (χ0) is 16.9. The Morgan fingerprint density at radius 1 is 1.12 bits per heavy atom. The minimum absolute atomic E-state index is 0.237. The van der Waals surface area contributed by atoms with Crippen LogP contribution >= 0.6 is 0 Å². The van der Waals surface area contributed by atoms with E-state index >= 15 is 0 Å². The summed E-state index contributed by atoms with van der Waals surface area (Å²) < 4.78 is 0. The van der Waals surface area contributed by atoms with E-state index in [4.69, 9.17) is 5.73 Å². The number of carbonyl (C=O) groups excluding carboxylic acids is 1. The van der Waals surface area contributed by atoms with Gasteiger partial charge in [-0.2, -0.15) is 0 Å². The lowest BCUT2D eigenvalue weighted by Crippen LogP contribution is -2.46. The highest BCUT2D eigenvalue weighted by molar-refractivity contribution is 5.93. The van der Waals surface area contributed by atoms with Crippen LogP contribution in [0.25, 0.3) is 0 Å². The highest BCUT2D eigenvalue weighted by Gasteiger charge is 2.18. The summed E-state index contributed by atoms with van der Waals surface area (Å²) in [7, 11) is 0. The molecule has 1 unspecified atom stereocenters. The lowest BCUT2D eigenvalue weighted by molar-refractivity contribution is -0.117. The molecule has 3 rings (SSSR count). The van der Waals surface area contributed by atoms with Crippen molar-refractivity contribution in [1.29, 1.82) is 0 Å². The molecule has 126 valence electrons. The van der Waals surface area contributed by atoms with Gasteiger partial charge in [-0.1, -0.05) is 6.07 Å². The van der Waals surface area contributed by atoms with Crippen LogP contribution in [0.3, 0.4) is 0 Å². The van der Waals surface area contributed by atoms with Crippen molar-refractivity contribution in [3.8, 4) is 0 Å². The maximum Gasteiger partial charge on any atom is 0.242 e. The summed E-state index contributed by atoms with van der Waals surface area (Å²) in [5.41, 5.74) is 6.58. The van der Waals surface area contributed by atoms with E-state index in [1.807, 2.05) is 30.5 Å². The molecular formula is C17H22N6O. The topological polar surface area (TPSA) is 87.4 Å². The van der Waals surface area contributed by atoms with Crippen molar-refractivity contribution in [3.05, 3.63) is 42.7 Å². The van der Waals surface area contributed by atoms with Crippen molar-refractivity contribution < 1.29 is 4.79 Å². The van der Waals surface area contributed by atoms with E-state index in [-0.39, 0.29) is 5.91 Å². The minimum Gasteiger partial charge on any atom is -0.367 e. The second-order valence-corrected chi connectivity index (χ2v) is 5.84. The molecule has 0 aromatic carbocycles. The van der Waals surface area contributed by atoms with Gasteiger partial charge in [0, 0.05) is 32.4 Å². The third-order valence-corrected chi connectivity index (χ3v) is 4.03. The lowest BCUT2D eigenvalue weighted by atomic mass is 10.2. The maximum absolute atomic E-state index is 11.6. The van der Waals surface area contributed by atoms with Crippen LogP contribution in [-0.2, 0) is 4.79 Å². The number of nitrogens with zero attached hydrogens (tertiary/aromatic N) is 4. The summed E-state index contributed by atoms with van der Waals surface area (Å²) in [6.45, 7) is 5.29. The molecule has 0 aliphatic carbocycles. The average molecular weight is 326 g/mol. The van der Waals surface area contributed by atoms with E-state index in [2.05, 4.69) is 25.1 Å². The third-order valence-electron chi connectivity index (χ3n) is 4.03. The number of hydrogen-bond donors (Lipinski definition) is 2. The Balaban J connectivity index is 1.57. The van der Waals surface area contributed by atoms with Gasteiger partial charge in [0.1, 0.15) is 11.6 Å². The molecule has 2 aromatic heterocycles. The van der Waals surface area contributed by atoms with Gasteiger partial charge in [-0.25, -0.2) is 9.97 Å². The standard InChI is InChI=1S/C17H22N6O/c1-13(18)17(24)21-15-6-5-14(12-20-15)22-8-10-23(11-9-22)16-4-2-3-7-19-16/h2-7,12-13H,8-11,18H2,1H3,(H,20,21,24). The SMILES string of the molecule is CC(N)C(=O)Nc1ccc(N2CCN(c3ccccn3)CC2)cn1. The van der Waals surface area contributed by atoms with Gasteiger partial charge in [0.2, 0.25) is 5.91 Å². The van der Waals surface area contributed by atoms with Crippen LogP contribution in [-0.4, -0.2) is 48.1 Å². The van der Waals surface area contributed by atoms with Crippen LogP contribution in [0, 0.1) is 0 Å². The second-order valence-electron chi connectivity index (χ2n) is 5.84. The summed E-state index contributed by atoms with van der Waals surface area (Å²) in [5, 5.41) is 2.69. The first-order valence-corrected chi connectivity index (χ1v) is 8.07. The van der Waals surface area contributed by atoms with Gasteiger partial charge in [-0.15, -0.1) is 0 Å². The number of nitrogens with two attached hydrogens (primary N) is 1. The van der Waals surface area contributed by atoms with Crippen LogP contribution in [0.5, 0.6) is 0 Å². The van der Waals surface area contributed by atoms with Crippen molar-refractivity contribution in [3.63, 3.8) is 0 Å². The molecule has 7 nitrogen and oxygen atoms in total. The summed E-state index contributed by atoms with van der Waals surface area (Å²) in [4.78, 5) is 24.8. The Bertz CT molecular complexity index is 665. The monoisotopic (exact) mass is 326 g/mol. The van der Waals surface area contributed by atoms with Gasteiger partial charge in [0.15, 0.2) is 0 Å². The predicted octanol–water partition coefficient (Wildman–Crippen LogP) is 1.09. The first-order chi connectivity index (χ1) is 11.6. The number of rotatable bonds is 4.